The largest absolute Gasteiger partial charge is 0.333 e. The van der Waals surface area contributed by atoms with Crippen molar-refractivity contribution in [3.8, 4) is 10.8 Å². The predicted molar refractivity (Wildman–Crippen MR) is 55.2 cm³/mol. The zero-order valence-electron chi connectivity index (χ0n) is 8.47. The van der Waals surface area contributed by atoms with Gasteiger partial charge < -0.3 is 10.3 Å². The quantitative estimate of drug-likeness (QED) is 0.843. The van der Waals surface area contributed by atoms with Crippen molar-refractivity contribution in [2.75, 3.05) is 0 Å². The highest BCUT2D eigenvalue weighted by molar-refractivity contribution is 7.09. The van der Waals surface area contributed by atoms with Crippen LogP contribution in [-0.2, 0) is 6.54 Å². The van der Waals surface area contributed by atoms with Gasteiger partial charge in [-0.3, -0.25) is 0 Å². The molecule has 0 spiro atoms. The molecular formula is C8H11N5OS. The van der Waals surface area contributed by atoms with Crippen molar-refractivity contribution in [3.63, 3.8) is 0 Å². The van der Waals surface area contributed by atoms with E-state index >= 15 is 0 Å². The molecule has 0 bridgehead atoms. The van der Waals surface area contributed by atoms with Gasteiger partial charge in [-0.2, -0.15) is 4.98 Å². The summed E-state index contributed by atoms with van der Waals surface area (Å²) < 4.78 is 8.97. The number of hydrogen-bond acceptors (Lipinski definition) is 7. The lowest BCUT2D eigenvalue weighted by atomic mass is 10.1. The Kier molecular flexibility index (Phi) is 2.74. The Morgan fingerprint density at radius 3 is 2.87 bits per heavy atom. The van der Waals surface area contributed by atoms with Crippen molar-refractivity contribution in [2.45, 2.75) is 26.3 Å². The fraction of sp³-hybridized carbons (Fsp3) is 0.500. The number of aromatic nitrogens is 4. The highest BCUT2D eigenvalue weighted by atomic mass is 32.1. The van der Waals surface area contributed by atoms with Crippen LogP contribution in [-0.4, -0.2) is 19.7 Å². The van der Waals surface area contributed by atoms with E-state index in [9.17, 15) is 0 Å². The summed E-state index contributed by atoms with van der Waals surface area (Å²) in [4.78, 5) is 4.97. The molecule has 0 saturated carbocycles. The van der Waals surface area contributed by atoms with Gasteiger partial charge in [0.1, 0.15) is 4.88 Å². The van der Waals surface area contributed by atoms with Gasteiger partial charge in [-0.05, 0) is 17.5 Å². The van der Waals surface area contributed by atoms with Gasteiger partial charge in [-0.1, -0.05) is 23.5 Å². The van der Waals surface area contributed by atoms with Crippen LogP contribution in [0.5, 0.6) is 0 Å². The van der Waals surface area contributed by atoms with Gasteiger partial charge in [0.2, 0.25) is 0 Å². The zero-order valence-corrected chi connectivity index (χ0v) is 9.28. The van der Waals surface area contributed by atoms with Crippen LogP contribution in [0.2, 0.25) is 0 Å². The third kappa shape index (κ3) is 1.88. The second-order valence-electron chi connectivity index (χ2n) is 3.36. The van der Waals surface area contributed by atoms with Gasteiger partial charge in [0.15, 0.2) is 5.82 Å². The van der Waals surface area contributed by atoms with Crippen LogP contribution in [0, 0.1) is 0 Å². The lowest BCUT2D eigenvalue weighted by Crippen LogP contribution is -1.98. The van der Waals surface area contributed by atoms with Crippen LogP contribution in [0.4, 0.5) is 0 Å². The summed E-state index contributed by atoms with van der Waals surface area (Å²) in [5.41, 5.74) is 6.28. The maximum absolute atomic E-state index is 5.40. The summed E-state index contributed by atoms with van der Waals surface area (Å²) in [6, 6.07) is 0. The fourth-order valence-corrected chi connectivity index (χ4v) is 1.89. The standard InChI is InChI=1S/C8H11N5OS/c1-4(2)6-7(15-13-11-6)8-10-5(3-9)12-14-8/h4H,3,9H2,1-2H3. The molecule has 2 N–H and O–H groups in total. The molecule has 6 nitrogen and oxygen atoms in total. The van der Waals surface area contributed by atoms with Crippen LogP contribution in [0.3, 0.4) is 0 Å². The van der Waals surface area contributed by atoms with E-state index in [-0.39, 0.29) is 12.5 Å². The molecule has 0 aliphatic heterocycles. The molecule has 0 amide bonds. The van der Waals surface area contributed by atoms with E-state index < -0.39 is 0 Å². The Balaban J connectivity index is 2.40. The molecule has 0 unspecified atom stereocenters. The Bertz CT molecular complexity index is 449. The summed E-state index contributed by atoms with van der Waals surface area (Å²) in [7, 11) is 0. The zero-order chi connectivity index (χ0) is 10.8. The van der Waals surface area contributed by atoms with E-state index in [2.05, 4.69) is 19.7 Å². The summed E-state index contributed by atoms with van der Waals surface area (Å²) >= 11 is 1.26. The average molecular weight is 225 g/mol. The topological polar surface area (TPSA) is 90.7 Å². The van der Waals surface area contributed by atoms with Crippen molar-refractivity contribution >= 4 is 11.5 Å². The summed E-state index contributed by atoms with van der Waals surface area (Å²) in [5.74, 6) is 1.23. The van der Waals surface area contributed by atoms with Crippen LogP contribution >= 0.6 is 11.5 Å². The van der Waals surface area contributed by atoms with Crippen molar-refractivity contribution in [1.29, 1.82) is 0 Å². The van der Waals surface area contributed by atoms with E-state index in [1.807, 2.05) is 13.8 Å². The van der Waals surface area contributed by atoms with Gasteiger partial charge in [-0.25, -0.2) is 0 Å². The fourth-order valence-electron chi connectivity index (χ4n) is 1.15. The first-order valence-electron chi connectivity index (χ1n) is 4.57. The Morgan fingerprint density at radius 1 is 1.47 bits per heavy atom. The van der Waals surface area contributed by atoms with Crippen LogP contribution in [0.1, 0.15) is 31.3 Å². The SMILES string of the molecule is CC(C)c1nnsc1-c1nc(CN)no1. The first kappa shape index (κ1) is 10.2. The molecule has 0 aromatic carbocycles. The number of nitrogens with zero attached hydrogens (tertiary/aromatic N) is 4. The minimum absolute atomic E-state index is 0.271. The van der Waals surface area contributed by atoms with Crippen LogP contribution < -0.4 is 5.73 Å². The third-order valence-corrected chi connectivity index (χ3v) is 2.63. The molecule has 2 rings (SSSR count). The van der Waals surface area contributed by atoms with Crippen molar-refractivity contribution < 1.29 is 4.52 Å². The maximum atomic E-state index is 5.40. The molecule has 0 aliphatic carbocycles. The molecule has 0 saturated heterocycles. The number of hydrogen-bond donors (Lipinski definition) is 1. The van der Waals surface area contributed by atoms with E-state index in [0.717, 1.165) is 10.6 Å². The van der Waals surface area contributed by atoms with E-state index in [4.69, 9.17) is 10.3 Å². The molecule has 0 atom stereocenters. The van der Waals surface area contributed by atoms with Gasteiger partial charge in [-0.15, -0.1) is 5.10 Å². The number of rotatable bonds is 3. The minimum Gasteiger partial charge on any atom is -0.333 e. The first-order valence-corrected chi connectivity index (χ1v) is 5.35. The summed E-state index contributed by atoms with van der Waals surface area (Å²) in [5, 5.41) is 7.77. The molecule has 2 aromatic heterocycles. The molecule has 7 heteroatoms. The highest BCUT2D eigenvalue weighted by Crippen LogP contribution is 2.29. The lowest BCUT2D eigenvalue weighted by Gasteiger charge is -1.98. The summed E-state index contributed by atoms with van der Waals surface area (Å²) in [6.07, 6.45) is 0. The van der Waals surface area contributed by atoms with Gasteiger partial charge >= 0.3 is 0 Å². The molecule has 15 heavy (non-hydrogen) atoms. The molecule has 2 heterocycles. The smallest absolute Gasteiger partial charge is 0.271 e. The van der Waals surface area contributed by atoms with E-state index in [1.54, 1.807) is 0 Å². The summed E-state index contributed by atoms with van der Waals surface area (Å²) in [6.45, 7) is 4.35. The van der Waals surface area contributed by atoms with E-state index in [0.29, 0.717) is 11.7 Å². The Hall–Kier alpha value is -1.34. The van der Waals surface area contributed by atoms with Crippen LogP contribution in [0.25, 0.3) is 10.8 Å². The first-order chi connectivity index (χ1) is 7.22. The van der Waals surface area contributed by atoms with Crippen LogP contribution in [0.15, 0.2) is 4.52 Å². The minimum atomic E-state index is 0.271. The normalized spacial score (nSPS) is 11.2. The molecule has 0 aliphatic rings. The number of nitrogens with two attached hydrogens (primary N) is 1. The Morgan fingerprint density at radius 2 is 2.27 bits per heavy atom. The Labute approximate surface area is 90.7 Å². The molecule has 0 fully saturated rings. The average Bonchev–Trinajstić information content (AvgIpc) is 2.85. The van der Waals surface area contributed by atoms with Gasteiger partial charge in [0.05, 0.1) is 12.2 Å². The second kappa shape index (κ2) is 4.03. The van der Waals surface area contributed by atoms with Crippen molar-refractivity contribution in [3.05, 3.63) is 11.5 Å². The van der Waals surface area contributed by atoms with E-state index in [1.165, 1.54) is 11.5 Å². The maximum Gasteiger partial charge on any atom is 0.271 e. The molecule has 0 radical (unpaired) electrons. The predicted octanol–water partition coefficient (Wildman–Crippen LogP) is 1.17. The monoisotopic (exact) mass is 225 g/mol. The van der Waals surface area contributed by atoms with Gasteiger partial charge in [0, 0.05) is 0 Å². The molecule has 2 aromatic rings. The third-order valence-electron chi connectivity index (χ3n) is 1.91. The lowest BCUT2D eigenvalue weighted by molar-refractivity contribution is 0.423. The van der Waals surface area contributed by atoms with Crippen molar-refractivity contribution in [1.82, 2.24) is 19.7 Å². The highest BCUT2D eigenvalue weighted by Gasteiger charge is 2.18. The van der Waals surface area contributed by atoms with Gasteiger partial charge in [0.25, 0.3) is 5.89 Å². The second-order valence-corrected chi connectivity index (χ2v) is 4.12. The molecular weight excluding hydrogens is 214 g/mol. The molecule has 80 valence electrons. The van der Waals surface area contributed by atoms with Crippen molar-refractivity contribution in [2.24, 2.45) is 5.73 Å².